The normalized spacial score (nSPS) is 15.0. The number of carbonyl (C=O) groups is 1. The first-order valence-corrected chi connectivity index (χ1v) is 10.0. The Morgan fingerprint density at radius 2 is 1.62 bits per heavy atom. The van der Waals surface area contributed by atoms with Gasteiger partial charge in [0, 0.05) is 37.4 Å². The largest absolute Gasteiger partial charge is 0.457 e. The number of amides is 1. The molecule has 4 rings (SSSR count). The highest BCUT2D eigenvalue weighted by atomic mass is 16.5. The first-order valence-electron chi connectivity index (χ1n) is 10.0. The Bertz CT molecular complexity index is 906. The van der Waals surface area contributed by atoms with Crippen molar-refractivity contribution in [2.45, 2.75) is 25.4 Å². The number of hydrogen-bond donors (Lipinski definition) is 1. The van der Waals surface area contributed by atoms with Crippen molar-refractivity contribution < 1.29 is 9.53 Å². The van der Waals surface area contributed by atoms with Crippen LogP contribution in [-0.2, 0) is 6.54 Å². The van der Waals surface area contributed by atoms with Crippen molar-refractivity contribution in [3.8, 4) is 11.5 Å². The summed E-state index contributed by atoms with van der Waals surface area (Å²) in [5, 5.41) is 3.17. The lowest BCUT2D eigenvalue weighted by atomic mass is 10.0. The van der Waals surface area contributed by atoms with E-state index >= 15 is 0 Å². The molecule has 0 unspecified atom stereocenters. The van der Waals surface area contributed by atoms with Gasteiger partial charge in [-0.25, -0.2) is 0 Å². The molecule has 1 aliphatic rings. The van der Waals surface area contributed by atoms with Gasteiger partial charge in [-0.3, -0.25) is 14.7 Å². The van der Waals surface area contributed by atoms with Crippen LogP contribution in [0.1, 0.15) is 28.9 Å². The highest BCUT2D eigenvalue weighted by Gasteiger charge is 2.21. The average molecular weight is 387 g/mol. The zero-order valence-corrected chi connectivity index (χ0v) is 16.3. The summed E-state index contributed by atoms with van der Waals surface area (Å²) in [6, 6.07) is 23.1. The molecule has 1 saturated heterocycles. The summed E-state index contributed by atoms with van der Waals surface area (Å²) >= 11 is 0. The molecule has 1 fully saturated rings. The van der Waals surface area contributed by atoms with Crippen LogP contribution in [0.4, 0.5) is 0 Å². The van der Waals surface area contributed by atoms with Crippen molar-refractivity contribution in [1.29, 1.82) is 0 Å². The minimum atomic E-state index is -0.0283. The summed E-state index contributed by atoms with van der Waals surface area (Å²) in [5.74, 6) is 1.47. The second kappa shape index (κ2) is 9.34. The predicted molar refractivity (Wildman–Crippen MR) is 113 cm³/mol. The third-order valence-electron chi connectivity index (χ3n) is 5.13. The van der Waals surface area contributed by atoms with Crippen molar-refractivity contribution in [1.82, 2.24) is 15.2 Å². The van der Waals surface area contributed by atoms with Gasteiger partial charge < -0.3 is 10.1 Å². The Morgan fingerprint density at radius 1 is 0.931 bits per heavy atom. The van der Waals surface area contributed by atoms with Gasteiger partial charge in [-0.15, -0.1) is 0 Å². The third-order valence-corrected chi connectivity index (χ3v) is 5.13. The molecular formula is C24H25N3O2. The summed E-state index contributed by atoms with van der Waals surface area (Å²) in [7, 11) is 0. The van der Waals surface area contributed by atoms with E-state index in [2.05, 4.69) is 21.3 Å². The van der Waals surface area contributed by atoms with E-state index in [1.165, 1.54) is 0 Å². The molecule has 3 aromatic rings. The lowest BCUT2D eigenvalue weighted by molar-refractivity contribution is 0.0908. The van der Waals surface area contributed by atoms with Crippen LogP contribution in [-0.4, -0.2) is 34.9 Å². The first kappa shape index (κ1) is 19.2. The fourth-order valence-corrected chi connectivity index (χ4v) is 3.52. The SMILES string of the molecule is O=C(NC1CCN(Cc2ccccn2)CC1)c1ccc(Oc2ccccc2)cc1. The molecule has 148 valence electrons. The molecule has 1 N–H and O–H groups in total. The Balaban J connectivity index is 1.25. The molecular weight excluding hydrogens is 362 g/mol. The third kappa shape index (κ3) is 5.42. The Hall–Kier alpha value is -3.18. The fourth-order valence-electron chi connectivity index (χ4n) is 3.52. The highest BCUT2D eigenvalue weighted by Crippen LogP contribution is 2.21. The summed E-state index contributed by atoms with van der Waals surface area (Å²) < 4.78 is 5.78. The van der Waals surface area contributed by atoms with Gasteiger partial charge in [-0.1, -0.05) is 24.3 Å². The molecule has 0 radical (unpaired) electrons. The number of likely N-dealkylation sites (tertiary alicyclic amines) is 1. The maximum Gasteiger partial charge on any atom is 0.251 e. The first-order chi connectivity index (χ1) is 14.3. The molecule has 29 heavy (non-hydrogen) atoms. The van der Waals surface area contributed by atoms with E-state index in [9.17, 15) is 4.79 Å². The van der Waals surface area contributed by atoms with Crippen LogP contribution in [0.5, 0.6) is 11.5 Å². The molecule has 0 atom stereocenters. The number of ether oxygens (including phenoxy) is 1. The zero-order valence-electron chi connectivity index (χ0n) is 16.3. The van der Waals surface area contributed by atoms with Crippen molar-refractivity contribution in [3.05, 3.63) is 90.3 Å². The number of benzene rings is 2. The molecule has 2 heterocycles. The van der Waals surface area contributed by atoms with E-state index in [0.717, 1.165) is 49.7 Å². The van der Waals surface area contributed by atoms with E-state index in [4.69, 9.17) is 4.74 Å². The van der Waals surface area contributed by atoms with Gasteiger partial charge in [0.1, 0.15) is 11.5 Å². The molecule has 1 aliphatic heterocycles. The average Bonchev–Trinajstić information content (AvgIpc) is 2.77. The van der Waals surface area contributed by atoms with E-state index < -0.39 is 0 Å². The van der Waals surface area contributed by atoms with Gasteiger partial charge >= 0.3 is 0 Å². The topological polar surface area (TPSA) is 54.5 Å². The quantitative estimate of drug-likeness (QED) is 0.686. The summed E-state index contributed by atoms with van der Waals surface area (Å²) in [4.78, 5) is 19.4. The van der Waals surface area contributed by atoms with Crippen LogP contribution in [0.15, 0.2) is 79.0 Å². The second-order valence-corrected chi connectivity index (χ2v) is 7.28. The minimum Gasteiger partial charge on any atom is -0.457 e. The Kier molecular flexibility index (Phi) is 6.17. The second-order valence-electron chi connectivity index (χ2n) is 7.28. The fraction of sp³-hybridized carbons (Fsp3) is 0.250. The van der Waals surface area contributed by atoms with Gasteiger partial charge in [0.2, 0.25) is 0 Å². The van der Waals surface area contributed by atoms with Crippen LogP contribution in [0.2, 0.25) is 0 Å². The predicted octanol–water partition coefficient (Wildman–Crippen LogP) is 4.27. The summed E-state index contributed by atoms with van der Waals surface area (Å²) in [5.41, 5.74) is 1.74. The van der Waals surface area contributed by atoms with E-state index in [-0.39, 0.29) is 11.9 Å². The molecule has 1 amide bonds. The van der Waals surface area contributed by atoms with Crippen LogP contribution in [0, 0.1) is 0 Å². The molecule has 0 spiro atoms. The molecule has 0 bridgehead atoms. The maximum absolute atomic E-state index is 12.6. The molecule has 0 aliphatic carbocycles. The summed E-state index contributed by atoms with van der Waals surface area (Å²) in [6.45, 7) is 2.79. The van der Waals surface area contributed by atoms with Crippen LogP contribution in [0.3, 0.4) is 0 Å². The molecule has 2 aromatic carbocycles. The standard InChI is InChI=1S/C24H25N3O2/c28-24(19-9-11-23(12-10-19)29-22-7-2-1-3-8-22)26-20-13-16-27(17-14-20)18-21-6-4-5-15-25-21/h1-12,15,20H,13-14,16-18H2,(H,26,28). The Labute approximate surface area is 171 Å². The number of aromatic nitrogens is 1. The number of nitrogens with zero attached hydrogens (tertiary/aromatic N) is 2. The summed E-state index contributed by atoms with van der Waals surface area (Å²) in [6.07, 6.45) is 3.74. The van der Waals surface area contributed by atoms with E-state index in [1.54, 1.807) is 0 Å². The van der Waals surface area contributed by atoms with Gasteiger partial charge in [0.25, 0.3) is 5.91 Å². The van der Waals surface area contributed by atoms with Crippen LogP contribution >= 0.6 is 0 Å². The number of nitrogens with one attached hydrogen (secondary N) is 1. The van der Waals surface area contributed by atoms with Gasteiger partial charge in [0.15, 0.2) is 0 Å². The van der Waals surface area contributed by atoms with Crippen molar-refractivity contribution in [2.24, 2.45) is 0 Å². The lowest BCUT2D eigenvalue weighted by Gasteiger charge is -2.32. The smallest absolute Gasteiger partial charge is 0.251 e. The number of carbonyl (C=O) groups excluding carboxylic acids is 1. The van der Waals surface area contributed by atoms with Gasteiger partial charge in [-0.2, -0.15) is 0 Å². The number of pyridine rings is 1. The minimum absolute atomic E-state index is 0.0283. The maximum atomic E-state index is 12.6. The van der Waals surface area contributed by atoms with Crippen molar-refractivity contribution >= 4 is 5.91 Å². The molecule has 5 nitrogen and oxygen atoms in total. The van der Waals surface area contributed by atoms with Crippen molar-refractivity contribution in [3.63, 3.8) is 0 Å². The molecule has 5 heteroatoms. The molecule has 0 saturated carbocycles. The zero-order chi connectivity index (χ0) is 19.9. The van der Waals surface area contributed by atoms with Gasteiger partial charge in [-0.05, 0) is 61.4 Å². The van der Waals surface area contributed by atoms with Gasteiger partial charge in [0.05, 0.1) is 5.69 Å². The van der Waals surface area contributed by atoms with E-state index in [1.807, 2.05) is 72.9 Å². The number of piperidine rings is 1. The highest BCUT2D eigenvalue weighted by molar-refractivity contribution is 5.94. The van der Waals surface area contributed by atoms with Crippen LogP contribution < -0.4 is 10.1 Å². The Morgan fingerprint density at radius 3 is 2.31 bits per heavy atom. The monoisotopic (exact) mass is 387 g/mol. The number of hydrogen-bond acceptors (Lipinski definition) is 4. The van der Waals surface area contributed by atoms with Crippen molar-refractivity contribution in [2.75, 3.05) is 13.1 Å². The molecule has 1 aromatic heterocycles. The van der Waals surface area contributed by atoms with Crippen LogP contribution in [0.25, 0.3) is 0 Å². The lowest BCUT2D eigenvalue weighted by Crippen LogP contribution is -2.44. The number of rotatable bonds is 6. The van der Waals surface area contributed by atoms with E-state index in [0.29, 0.717) is 5.56 Å². The number of para-hydroxylation sites is 1.